The van der Waals surface area contributed by atoms with Gasteiger partial charge in [0.2, 0.25) is 0 Å². The Balaban J connectivity index is 1.61. The monoisotopic (exact) mass is 401 g/mol. The summed E-state index contributed by atoms with van der Waals surface area (Å²) in [6, 6.07) is 0.290. The minimum Gasteiger partial charge on any atom is -0.284 e. The van der Waals surface area contributed by atoms with Crippen molar-refractivity contribution in [3.63, 3.8) is 0 Å². The first kappa shape index (κ1) is 17.4. The third-order valence-electron chi connectivity index (χ3n) is 5.68. The third kappa shape index (κ3) is 3.12. The van der Waals surface area contributed by atoms with Gasteiger partial charge in [-0.15, -0.1) is 16.4 Å². The van der Waals surface area contributed by atoms with Crippen LogP contribution in [0.25, 0.3) is 10.2 Å². The molecule has 6 nitrogen and oxygen atoms in total. The highest BCUT2D eigenvalue weighted by molar-refractivity contribution is 7.98. The van der Waals surface area contributed by atoms with Crippen LogP contribution in [0.15, 0.2) is 16.1 Å². The molecule has 142 valence electrons. The Morgan fingerprint density at radius 3 is 2.81 bits per heavy atom. The first-order chi connectivity index (χ1) is 13.2. The Bertz CT molecular complexity index is 1040. The van der Waals surface area contributed by atoms with Crippen molar-refractivity contribution in [2.24, 2.45) is 7.05 Å². The van der Waals surface area contributed by atoms with Crippen molar-refractivity contribution in [3.05, 3.63) is 32.7 Å². The summed E-state index contributed by atoms with van der Waals surface area (Å²) >= 11 is 3.35. The minimum atomic E-state index is 0.188. The summed E-state index contributed by atoms with van der Waals surface area (Å²) in [5.41, 5.74) is 2.39. The molecule has 27 heavy (non-hydrogen) atoms. The van der Waals surface area contributed by atoms with E-state index in [1.165, 1.54) is 36.1 Å². The number of thiophene rings is 1. The second-order valence-corrected chi connectivity index (χ2v) is 9.60. The van der Waals surface area contributed by atoms with E-state index in [4.69, 9.17) is 4.98 Å². The lowest BCUT2D eigenvalue weighted by atomic mass is 9.97. The second-order valence-electron chi connectivity index (χ2n) is 7.57. The lowest BCUT2D eigenvalue weighted by molar-refractivity contribution is 0.457. The number of aromatic nitrogens is 5. The molecule has 0 amide bonds. The molecule has 1 saturated carbocycles. The number of nitrogens with zero attached hydrogens (tertiary/aromatic N) is 5. The average molecular weight is 402 g/mol. The fourth-order valence-electron chi connectivity index (χ4n) is 4.39. The zero-order valence-corrected chi connectivity index (χ0v) is 17.1. The van der Waals surface area contributed by atoms with Gasteiger partial charge in [-0.2, -0.15) is 0 Å². The van der Waals surface area contributed by atoms with Gasteiger partial charge in [0.05, 0.1) is 11.1 Å². The van der Waals surface area contributed by atoms with Crippen LogP contribution in [-0.4, -0.2) is 24.5 Å². The molecule has 0 radical (unpaired) electrons. The van der Waals surface area contributed by atoms with E-state index in [0.29, 0.717) is 5.75 Å². The van der Waals surface area contributed by atoms with E-state index in [2.05, 4.69) is 10.3 Å². The largest absolute Gasteiger partial charge is 0.284 e. The van der Waals surface area contributed by atoms with Gasteiger partial charge >= 0.3 is 0 Å². The van der Waals surface area contributed by atoms with Gasteiger partial charge in [-0.25, -0.2) is 4.98 Å². The molecule has 3 heterocycles. The number of thioether (sulfide) groups is 1. The van der Waals surface area contributed by atoms with Crippen LogP contribution in [-0.2, 0) is 25.6 Å². The van der Waals surface area contributed by atoms with Crippen LogP contribution in [0, 0.1) is 0 Å². The molecule has 2 aliphatic rings. The summed E-state index contributed by atoms with van der Waals surface area (Å²) in [7, 11) is 1.87. The van der Waals surface area contributed by atoms with Crippen molar-refractivity contribution in [2.75, 3.05) is 0 Å². The van der Waals surface area contributed by atoms with Crippen molar-refractivity contribution in [1.82, 2.24) is 24.5 Å². The molecule has 0 aliphatic heterocycles. The van der Waals surface area contributed by atoms with E-state index >= 15 is 0 Å². The molecule has 0 saturated heterocycles. The van der Waals surface area contributed by atoms with Gasteiger partial charge in [0.25, 0.3) is 5.56 Å². The molecule has 2 aliphatic carbocycles. The fourth-order valence-corrected chi connectivity index (χ4v) is 6.63. The van der Waals surface area contributed by atoms with Crippen molar-refractivity contribution in [3.8, 4) is 0 Å². The van der Waals surface area contributed by atoms with E-state index in [0.717, 1.165) is 46.8 Å². The van der Waals surface area contributed by atoms with Gasteiger partial charge in [-0.1, -0.05) is 29.8 Å². The highest BCUT2D eigenvalue weighted by Gasteiger charge is 2.27. The molecule has 0 N–H and O–H groups in total. The van der Waals surface area contributed by atoms with E-state index < -0.39 is 0 Å². The summed E-state index contributed by atoms with van der Waals surface area (Å²) < 4.78 is 3.72. The van der Waals surface area contributed by atoms with Gasteiger partial charge in [0, 0.05) is 29.9 Å². The van der Waals surface area contributed by atoms with Crippen molar-refractivity contribution in [2.45, 2.75) is 68.3 Å². The van der Waals surface area contributed by atoms with Gasteiger partial charge < -0.3 is 0 Å². The lowest BCUT2D eigenvalue weighted by Crippen LogP contribution is -2.26. The molecule has 3 aromatic rings. The summed E-state index contributed by atoms with van der Waals surface area (Å²) in [4.78, 5) is 20.9. The normalized spacial score (nSPS) is 17.7. The molecule has 1 fully saturated rings. The Labute approximate surface area is 166 Å². The molecule has 0 bridgehead atoms. The predicted octanol–water partition coefficient (Wildman–Crippen LogP) is 3.87. The topological polar surface area (TPSA) is 65.6 Å². The zero-order valence-electron chi connectivity index (χ0n) is 15.5. The molecule has 5 rings (SSSR count). The Kier molecular flexibility index (Phi) is 4.55. The van der Waals surface area contributed by atoms with Crippen LogP contribution in [0.3, 0.4) is 0 Å². The molecule has 0 spiro atoms. The zero-order chi connectivity index (χ0) is 18.4. The number of aryl methyl sites for hydroxylation is 3. The Morgan fingerprint density at radius 2 is 2.04 bits per heavy atom. The van der Waals surface area contributed by atoms with Gasteiger partial charge in [0.15, 0.2) is 5.16 Å². The third-order valence-corrected chi connectivity index (χ3v) is 7.85. The van der Waals surface area contributed by atoms with Gasteiger partial charge in [0.1, 0.15) is 4.83 Å². The predicted molar refractivity (Wildman–Crippen MR) is 109 cm³/mol. The first-order valence-electron chi connectivity index (χ1n) is 9.75. The number of rotatable bonds is 4. The van der Waals surface area contributed by atoms with Crippen molar-refractivity contribution in [1.29, 1.82) is 0 Å². The Morgan fingerprint density at radius 1 is 1.22 bits per heavy atom. The van der Waals surface area contributed by atoms with Crippen LogP contribution < -0.4 is 5.56 Å². The maximum absolute atomic E-state index is 13.6. The highest BCUT2D eigenvalue weighted by Crippen LogP contribution is 2.37. The maximum Gasteiger partial charge on any atom is 0.263 e. The van der Waals surface area contributed by atoms with E-state index in [1.54, 1.807) is 27.8 Å². The average Bonchev–Trinajstić information content (AvgIpc) is 3.39. The number of hydrogen-bond acceptors (Lipinski definition) is 6. The first-order valence-corrected chi connectivity index (χ1v) is 11.6. The van der Waals surface area contributed by atoms with Crippen molar-refractivity contribution >= 4 is 33.3 Å². The maximum atomic E-state index is 13.6. The molecule has 0 atom stereocenters. The highest BCUT2D eigenvalue weighted by atomic mass is 32.2. The smallest absolute Gasteiger partial charge is 0.263 e. The SMILES string of the molecule is Cn1cc(CSc2nc3sc4c(c3c(=O)n2C2CCCC2)CCCC4)nn1. The second kappa shape index (κ2) is 7.05. The Hall–Kier alpha value is -1.67. The number of fused-ring (bicyclic) bond motifs is 3. The molecular formula is C19H23N5OS2. The minimum absolute atomic E-state index is 0.188. The van der Waals surface area contributed by atoms with E-state index in [1.807, 2.05) is 17.8 Å². The lowest BCUT2D eigenvalue weighted by Gasteiger charge is -2.18. The molecule has 8 heteroatoms. The van der Waals surface area contributed by atoms with Crippen LogP contribution in [0.4, 0.5) is 0 Å². The fraction of sp³-hybridized carbons (Fsp3) is 0.579. The van der Waals surface area contributed by atoms with E-state index in [9.17, 15) is 4.79 Å². The van der Waals surface area contributed by atoms with Gasteiger partial charge in [-0.05, 0) is 44.1 Å². The molecule has 0 unspecified atom stereocenters. The van der Waals surface area contributed by atoms with Crippen molar-refractivity contribution < 1.29 is 0 Å². The quantitative estimate of drug-likeness (QED) is 0.490. The van der Waals surface area contributed by atoms with Crippen LogP contribution in [0.5, 0.6) is 0 Å². The van der Waals surface area contributed by atoms with Crippen LogP contribution in [0.1, 0.15) is 60.7 Å². The van der Waals surface area contributed by atoms with Gasteiger partial charge in [-0.3, -0.25) is 14.0 Å². The summed E-state index contributed by atoms with van der Waals surface area (Å²) in [5.74, 6) is 0.684. The summed E-state index contributed by atoms with van der Waals surface area (Å²) in [6.07, 6.45) is 11.0. The number of hydrogen-bond donors (Lipinski definition) is 0. The molecular weight excluding hydrogens is 378 g/mol. The standard InChI is InChI=1S/C19H23N5OS2/c1-23-10-12(21-22-23)11-26-19-20-17-16(14-8-4-5-9-15(14)27-17)18(25)24(19)13-6-2-3-7-13/h10,13H,2-9,11H2,1H3. The summed E-state index contributed by atoms with van der Waals surface area (Å²) in [5, 5.41) is 9.94. The van der Waals surface area contributed by atoms with E-state index in [-0.39, 0.29) is 11.6 Å². The molecule has 3 aromatic heterocycles. The molecule has 0 aromatic carbocycles. The van der Waals surface area contributed by atoms with Crippen LogP contribution >= 0.6 is 23.1 Å². The summed E-state index contributed by atoms with van der Waals surface area (Å²) in [6.45, 7) is 0. The van der Waals surface area contributed by atoms with Crippen LogP contribution in [0.2, 0.25) is 0 Å².